The molecule has 1 aliphatic rings. The zero-order valence-corrected chi connectivity index (χ0v) is 20.1. The number of nitrogens with two attached hydrogens (primary N) is 1. The van der Waals surface area contributed by atoms with Crippen molar-refractivity contribution in [3.63, 3.8) is 0 Å². The van der Waals surface area contributed by atoms with Crippen LogP contribution in [0.3, 0.4) is 0 Å². The van der Waals surface area contributed by atoms with Crippen LogP contribution in [0.5, 0.6) is 0 Å². The Morgan fingerprint density at radius 1 is 1.00 bits per heavy atom. The highest BCUT2D eigenvalue weighted by molar-refractivity contribution is 6.34. The third-order valence-electron chi connectivity index (χ3n) is 7.00. The minimum Gasteiger partial charge on any atom is -0.481 e. The molecule has 1 saturated carbocycles. The van der Waals surface area contributed by atoms with Crippen LogP contribution in [0.1, 0.15) is 37.4 Å². The van der Waals surface area contributed by atoms with E-state index in [2.05, 4.69) is 15.0 Å². The molecule has 180 valence electrons. The first kappa shape index (κ1) is 22.4. The van der Waals surface area contributed by atoms with Gasteiger partial charge in [-0.2, -0.15) is 0 Å². The molecule has 0 bridgehead atoms. The van der Waals surface area contributed by atoms with E-state index in [1.807, 2.05) is 53.1 Å². The van der Waals surface area contributed by atoms with Crippen LogP contribution >= 0.6 is 11.6 Å². The number of carboxylic acids is 1. The average Bonchev–Trinajstić information content (AvgIpc) is 3.33. The summed E-state index contributed by atoms with van der Waals surface area (Å²) >= 11 is 6.70. The van der Waals surface area contributed by atoms with Gasteiger partial charge in [0.05, 0.1) is 39.7 Å². The number of hydrogen-bond donors (Lipinski definition) is 2. The number of aliphatic carboxylic acids is 1. The van der Waals surface area contributed by atoms with Crippen LogP contribution in [-0.4, -0.2) is 35.4 Å². The van der Waals surface area contributed by atoms with Gasteiger partial charge in [-0.25, -0.2) is 15.0 Å². The molecule has 1 aromatic carbocycles. The van der Waals surface area contributed by atoms with Crippen molar-refractivity contribution in [3.05, 3.63) is 71.9 Å². The summed E-state index contributed by atoms with van der Waals surface area (Å²) in [5, 5.41) is 10.8. The standard InChI is InChI=1S/C27H23ClN6O2/c28-19-11-17-8-9-21(20-3-1-2-10-30-20)32-22(17)12-18(19)23-14-34-24(25(29)33-23)13-31-26(34)15-4-6-16(7-5-15)27(35)36/h1-3,8-16H,4-7H2,(H2,29,33)(H,35,36). The topological polar surface area (TPSA) is 119 Å². The smallest absolute Gasteiger partial charge is 0.306 e. The van der Waals surface area contributed by atoms with Gasteiger partial charge in [0.15, 0.2) is 0 Å². The van der Waals surface area contributed by atoms with Crippen LogP contribution in [0.4, 0.5) is 5.82 Å². The molecule has 6 rings (SSSR count). The zero-order chi connectivity index (χ0) is 24.8. The van der Waals surface area contributed by atoms with Crippen LogP contribution in [0.2, 0.25) is 5.02 Å². The largest absolute Gasteiger partial charge is 0.481 e. The second kappa shape index (κ2) is 8.87. The molecule has 0 spiro atoms. The molecule has 4 heterocycles. The molecule has 0 radical (unpaired) electrons. The number of nitrogens with zero attached hydrogens (tertiary/aromatic N) is 5. The fourth-order valence-electron chi connectivity index (χ4n) is 5.07. The molecule has 3 N–H and O–H groups in total. The highest BCUT2D eigenvalue weighted by atomic mass is 35.5. The Balaban J connectivity index is 1.42. The fraction of sp³-hybridized carbons (Fsp3) is 0.222. The third-order valence-corrected chi connectivity index (χ3v) is 7.32. The molecular weight excluding hydrogens is 476 g/mol. The highest BCUT2D eigenvalue weighted by Crippen LogP contribution is 2.37. The zero-order valence-electron chi connectivity index (χ0n) is 19.3. The predicted molar refractivity (Wildman–Crippen MR) is 139 cm³/mol. The van der Waals surface area contributed by atoms with E-state index in [-0.39, 0.29) is 11.8 Å². The Labute approximate surface area is 211 Å². The number of pyridine rings is 2. The SMILES string of the molecule is Nc1nc(-c2cc3nc(-c4ccccn4)ccc3cc2Cl)cn2c(C3CCC(C(=O)O)CC3)ncc12. The Morgan fingerprint density at radius 3 is 2.58 bits per heavy atom. The van der Waals surface area contributed by atoms with Gasteiger partial charge >= 0.3 is 5.97 Å². The van der Waals surface area contributed by atoms with Crippen molar-refractivity contribution >= 4 is 39.8 Å². The molecule has 4 aromatic heterocycles. The molecule has 1 fully saturated rings. The van der Waals surface area contributed by atoms with Gasteiger partial charge in [0.1, 0.15) is 17.2 Å². The Morgan fingerprint density at radius 2 is 1.83 bits per heavy atom. The van der Waals surface area contributed by atoms with Crippen molar-refractivity contribution in [2.45, 2.75) is 31.6 Å². The molecule has 0 saturated heterocycles. The van der Waals surface area contributed by atoms with E-state index < -0.39 is 5.97 Å². The van der Waals surface area contributed by atoms with E-state index in [0.29, 0.717) is 29.4 Å². The monoisotopic (exact) mass is 498 g/mol. The molecule has 0 amide bonds. The minimum absolute atomic E-state index is 0.160. The maximum atomic E-state index is 11.4. The lowest BCUT2D eigenvalue weighted by Gasteiger charge is -2.25. The number of halogens is 1. The van der Waals surface area contributed by atoms with E-state index in [1.54, 1.807) is 12.4 Å². The number of imidazole rings is 1. The molecule has 9 heteroatoms. The molecule has 0 aliphatic heterocycles. The lowest BCUT2D eigenvalue weighted by atomic mass is 9.81. The number of carbonyl (C=O) groups is 1. The first-order chi connectivity index (χ1) is 17.5. The second-order valence-electron chi connectivity index (χ2n) is 9.21. The molecular formula is C27H23ClN6O2. The third kappa shape index (κ3) is 3.93. The maximum Gasteiger partial charge on any atom is 0.306 e. The van der Waals surface area contributed by atoms with Gasteiger partial charge in [-0.3, -0.25) is 14.2 Å². The van der Waals surface area contributed by atoms with E-state index >= 15 is 0 Å². The predicted octanol–water partition coefficient (Wildman–Crippen LogP) is 5.60. The lowest BCUT2D eigenvalue weighted by molar-refractivity contribution is -0.142. The molecule has 0 atom stereocenters. The summed E-state index contributed by atoms with van der Waals surface area (Å²) in [6.45, 7) is 0. The van der Waals surface area contributed by atoms with Gasteiger partial charge in [0.25, 0.3) is 0 Å². The van der Waals surface area contributed by atoms with Crippen LogP contribution in [0.25, 0.3) is 39.1 Å². The van der Waals surface area contributed by atoms with Crippen LogP contribution in [-0.2, 0) is 4.79 Å². The van der Waals surface area contributed by atoms with Crippen molar-refractivity contribution in [1.82, 2.24) is 24.3 Å². The summed E-state index contributed by atoms with van der Waals surface area (Å²) in [5.74, 6) is 0.387. The fourth-order valence-corrected chi connectivity index (χ4v) is 5.33. The number of fused-ring (bicyclic) bond motifs is 2. The molecule has 8 nitrogen and oxygen atoms in total. The van der Waals surface area contributed by atoms with Gasteiger partial charge < -0.3 is 10.8 Å². The van der Waals surface area contributed by atoms with Gasteiger partial charge in [0, 0.05) is 29.3 Å². The quantitative estimate of drug-likeness (QED) is 0.331. The van der Waals surface area contributed by atoms with Gasteiger partial charge in [-0.1, -0.05) is 23.7 Å². The number of hydrogen-bond acceptors (Lipinski definition) is 6. The first-order valence-corrected chi connectivity index (χ1v) is 12.2. The summed E-state index contributed by atoms with van der Waals surface area (Å²) in [7, 11) is 0. The van der Waals surface area contributed by atoms with Crippen molar-refractivity contribution < 1.29 is 9.90 Å². The van der Waals surface area contributed by atoms with Crippen molar-refractivity contribution in [1.29, 1.82) is 0 Å². The Bertz CT molecular complexity index is 1610. The minimum atomic E-state index is -0.720. The molecule has 1 aliphatic carbocycles. The summed E-state index contributed by atoms with van der Waals surface area (Å²) in [5.41, 5.74) is 10.7. The number of rotatable bonds is 4. The normalized spacial score (nSPS) is 18.0. The summed E-state index contributed by atoms with van der Waals surface area (Å²) in [4.78, 5) is 29.9. The summed E-state index contributed by atoms with van der Waals surface area (Å²) in [6.07, 6.45) is 8.20. The number of nitrogen functional groups attached to an aromatic ring is 1. The Hall–Kier alpha value is -4.04. The van der Waals surface area contributed by atoms with E-state index in [4.69, 9.17) is 22.3 Å². The number of carboxylic acid groups (broad SMARTS) is 1. The molecule has 5 aromatic rings. The van der Waals surface area contributed by atoms with Crippen LogP contribution in [0, 0.1) is 5.92 Å². The summed E-state index contributed by atoms with van der Waals surface area (Å²) < 4.78 is 1.97. The van der Waals surface area contributed by atoms with E-state index in [9.17, 15) is 9.90 Å². The second-order valence-corrected chi connectivity index (χ2v) is 9.61. The van der Waals surface area contributed by atoms with Crippen molar-refractivity contribution in [2.24, 2.45) is 5.92 Å². The molecule has 0 unspecified atom stereocenters. The molecule has 36 heavy (non-hydrogen) atoms. The van der Waals surface area contributed by atoms with Gasteiger partial charge in [-0.15, -0.1) is 0 Å². The van der Waals surface area contributed by atoms with Crippen LogP contribution < -0.4 is 5.73 Å². The van der Waals surface area contributed by atoms with Crippen molar-refractivity contribution in [3.8, 4) is 22.6 Å². The van der Waals surface area contributed by atoms with Crippen molar-refractivity contribution in [2.75, 3.05) is 5.73 Å². The number of aromatic nitrogens is 5. The van der Waals surface area contributed by atoms with E-state index in [1.165, 1.54) is 0 Å². The van der Waals surface area contributed by atoms with Gasteiger partial charge in [0.2, 0.25) is 0 Å². The maximum absolute atomic E-state index is 11.4. The first-order valence-electron chi connectivity index (χ1n) is 11.9. The van der Waals surface area contributed by atoms with E-state index in [0.717, 1.165) is 52.0 Å². The summed E-state index contributed by atoms with van der Waals surface area (Å²) in [6, 6.07) is 13.4. The number of benzene rings is 1. The number of anilines is 1. The van der Waals surface area contributed by atoms with Crippen LogP contribution in [0.15, 0.2) is 61.1 Å². The highest BCUT2D eigenvalue weighted by Gasteiger charge is 2.29. The Kier molecular flexibility index (Phi) is 5.53. The average molecular weight is 499 g/mol. The van der Waals surface area contributed by atoms with Gasteiger partial charge in [-0.05, 0) is 56.0 Å². The lowest BCUT2D eigenvalue weighted by Crippen LogP contribution is -2.21.